The second-order valence-corrected chi connectivity index (χ2v) is 8.53. The van der Waals surface area contributed by atoms with Crippen molar-refractivity contribution in [1.29, 1.82) is 5.26 Å². The van der Waals surface area contributed by atoms with Crippen LogP contribution < -0.4 is 5.56 Å². The van der Waals surface area contributed by atoms with Crippen molar-refractivity contribution >= 4 is 39.1 Å². The molecule has 4 rings (SSSR count). The van der Waals surface area contributed by atoms with Crippen LogP contribution in [-0.2, 0) is 18.6 Å². The number of fused-ring (bicyclic) bond motifs is 3. The maximum atomic E-state index is 12.5. The van der Waals surface area contributed by atoms with E-state index < -0.39 is 0 Å². The summed E-state index contributed by atoms with van der Waals surface area (Å²) in [5.41, 5.74) is 2.47. The van der Waals surface area contributed by atoms with E-state index >= 15 is 0 Å². The summed E-state index contributed by atoms with van der Waals surface area (Å²) in [6.07, 6.45) is 3.08. The van der Waals surface area contributed by atoms with Crippen molar-refractivity contribution in [3.8, 4) is 6.07 Å². The molecule has 0 atom stereocenters. The monoisotopic (exact) mass is 396 g/mol. The molecule has 27 heavy (non-hydrogen) atoms. The lowest BCUT2D eigenvalue weighted by Crippen LogP contribution is -2.11. The number of ketones is 1. The summed E-state index contributed by atoms with van der Waals surface area (Å²) < 4.78 is 0. The number of H-pyrrole nitrogens is 1. The Hall–Kier alpha value is -2.50. The first-order valence-corrected chi connectivity index (χ1v) is 10.4. The minimum atomic E-state index is -0.116. The van der Waals surface area contributed by atoms with E-state index in [4.69, 9.17) is 0 Å². The molecule has 3 heterocycles. The predicted octanol–water partition coefficient (Wildman–Crippen LogP) is 3.54. The molecule has 0 fully saturated rings. The van der Waals surface area contributed by atoms with Crippen molar-refractivity contribution < 1.29 is 4.79 Å². The number of thioether (sulfide) groups is 1. The zero-order valence-electron chi connectivity index (χ0n) is 14.9. The number of hydrogen-bond donors (Lipinski definition) is 1. The molecule has 0 spiro atoms. The third-order valence-corrected chi connectivity index (χ3v) is 6.84. The lowest BCUT2D eigenvalue weighted by atomic mass is 10.1. The molecule has 8 heteroatoms. The van der Waals surface area contributed by atoms with Crippen LogP contribution in [0.1, 0.15) is 51.2 Å². The van der Waals surface area contributed by atoms with Gasteiger partial charge in [-0.3, -0.25) is 9.59 Å². The van der Waals surface area contributed by atoms with E-state index in [0.717, 1.165) is 35.0 Å². The highest BCUT2D eigenvalue weighted by Crippen LogP contribution is 2.35. The van der Waals surface area contributed by atoms with Gasteiger partial charge in [-0.1, -0.05) is 11.8 Å². The number of thiophene rings is 1. The molecule has 0 saturated carbocycles. The fourth-order valence-electron chi connectivity index (χ4n) is 3.38. The van der Waals surface area contributed by atoms with Gasteiger partial charge in [-0.05, 0) is 44.7 Å². The fourth-order valence-corrected chi connectivity index (χ4v) is 5.53. The Balaban J connectivity index is 1.64. The Morgan fingerprint density at radius 2 is 2.22 bits per heavy atom. The Morgan fingerprint density at radius 3 is 2.96 bits per heavy atom. The van der Waals surface area contributed by atoms with Crippen LogP contribution in [0.5, 0.6) is 0 Å². The molecular weight excluding hydrogens is 380 g/mol. The van der Waals surface area contributed by atoms with Crippen LogP contribution in [0.25, 0.3) is 10.2 Å². The summed E-state index contributed by atoms with van der Waals surface area (Å²) in [4.78, 5) is 38.1. The Kier molecular flexibility index (Phi) is 4.58. The third-order valence-electron chi connectivity index (χ3n) is 4.65. The molecule has 0 aromatic carbocycles. The average Bonchev–Trinajstić information content (AvgIpc) is 3.20. The van der Waals surface area contributed by atoms with Crippen LogP contribution >= 0.6 is 23.1 Å². The predicted molar refractivity (Wildman–Crippen MR) is 106 cm³/mol. The van der Waals surface area contributed by atoms with Gasteiger partial charge in [-0.2, -0.15) is 5.26 Å². The highest BCUT2D eigenvalue weighted by molar-refractivity contribution is 7.98. The summed E-state index contributed by atoms with van der Waals surface area (Å²) >= 11 is 2.94. The van der Waals surface area contributed by atoms with Gasteiger partial charge < -0.3 is 4.98 Å². The zero-order valence-corrected chi connectivity index (χ0v) is 16.5. The maximum absolute atomic E-state index is 12.5. The van der Waals surface area contributed by atoms with E-state index in [9.17, 15) is 14.9 Å². The first kappa shape index (κ1) is 17.9. The molecule has 0 amide bonds. The molecule has 0 radical (unpaired) electrons. The number of pyridine rings is 1. The Bertz CT molecular complexity index is 1190. The summed E-state index contributed by atoms with van der Waals surface area (Å²) in [6, 6.07) is 3.68. The molecule has 1 N–H and O–H groups in total. The molecule has 0 bridgehead atoms. The van der Waals surface area contributed by atoms with Gasteiger partial charge in [0.25, 0.3) is 5.56 Å². The number of nitriles is 1. The SMILES string of the molecule is CC(=O)c1cc(C#N)c(SCc2nc3sc4c(c3c(=O)[nH]2)CCC4)nc1C. The van der Waals surface area contributed by atoms with Gasteiger partial charge in [0.2, 0.25) is 0 Å². The van der Waals surface area contributed by atoms with E-state index in [-0.39, 0.29) is 11.3 Å². The van der Waals surface area contributed by atoms with Crippen molar-refractivity contribution in [2.75, 3.05) is 0 Å². The molecule has 6 nitrogen and oxygen atoms in total. The van der Waals surface area contributed by atoms with Crippen LogP contribution in [-0.4, -0.2) is 20.7 Å². The molecule has 3 aromatic rings. The number of carbonyl (C=O) groups is 1. The Morgan fingerprint density at radius 1 is 1.41 bits per heavy atom. The number of aryl methyl sites for hydroxylation is 3. The molecular formula is C19H16N4O2S2. The Labute approximate surface area is 163 Å². The van der Waals surface area contributed by atoms with Gasteiger partial charge in [0, 0.05) is 16.1 Å². The summed E-state index contributed by atoms with van der Waals surface area (Å²) in [6.45, 7) is 3.21. The second kappa shape index (κ2) is 6.91. The van der Waals surface area contributed by atoms with Crippen LogP contribution in [0.15, 0.2) is 15.9 Å². The molecule has 1 aliphatic carbocycles. The largest absolute Gasteiger partial charge is 0.309 e. The van der Waals surface area contributed by atoms with Crippen LogP contribution in [0, 0.1) is 18.3 Å². The van der Waals surface area contributed by atoms with Gasteiger partial charge in [0.05, 0.1) is 16.7 Å². The highest BCUT2D eigenvalue weighted by Gasteiger charge is 2.21. The number of hydrogen-bond acceptors (Lipinski definition) is 7. The van der Waals surface area contributed by atoms with Gasteiger partial charge in [-0.25, -0.2) is 9.97 Å². The van der Waals surface area contributed by atoms with Gasteiger partial charge in [0.15, 0.2) is 5.78 Å². The first-order valence-electron chi connectivity index (χ1n) is 8.57. The van der Waals surface area contributed by atoms with Crippen molar-refractivity contribution in [2.45, 2.75) is 43.9 Å². The molecule has 0 unspecified atom stereocenters. The molecule has 3 aromatic heterocycles. The van der Waals surface area contributed by atoms with E-state index in [0.29, 0.717) is 33.4 Å². The summed E-state index contributed by atoms with van der Waals surface area (Å²) in [5.74, 6) is 0.848. The lowest BCUT2D eigenvalue weighted by molar-refractivity contribution is 0.101. The average molecular weight is 396 g/mol. The van der Waals surface area contributed by atoms with Gasteiger partial charge in [0.1, 0.15) is 21.7 Å². The normalized spacial score (nSPS) is 12.9. The zero-order chi connectivity index (χ0) is 19.1. The van der Waals surface area contributed by atoms with Crippen molar-refractivity contribution in [3.63, 3.8) is 0 Å². The number of carbonyl (C=O) groups excluding carboxylic acids is 1. The van der Waals surface area contributed by atoms with Crippen LogP contribution in [0.4, 0.5) is 0 Å². The molecule has 136 valence electrons. The van der Waals surface area contributed by atoms with Crippen molar-refractivity contribution in [1.82, 2.24) is 15.0 Å². The topological polar surface area (TPSA) is 99.5 Å². The summed E-state index contributed by atoms with van der Waals surface area (Å²) in [7, 11) is 0. The third kappa shape index (κ3) is 3.17. The number of Topliss-reactive ketones (excluding diaryl/α,β-unsaturated/α-hetero) is 1. The number of nitrogens with zero attached hydrogens (tertiary/aromatic N) is 3. The fraction of sp³-hybridized carbons (Fsp3) is 0.316. The maximum Gasteiger partial charge on any atom is 0.259 e. The highest BCUT2D eigenvalue weighted by atomic mass is 32.2. The van der Waals surface area contributed by atoms with E-state index in [2.05, 4.69) is 21.0 Å². The van der Waals surface area contributed by atoms with Gasteiger partial charge in [-0.15, -0.1) is 11.3 Å². The minimum Gasteiger partial charge on any atom is -0.309 e. The van der Waals surface area contributed by atoms with Crippen LogP contribution in [0.2, 0.25) is 0 Å². The second-order valence-electron chi connectivity index (χ2n) is 6.48. The van der Waals surface area contributed by atoms with Gasteiger partial charge >= 0.3 is 0 Å². The standard InChI is InChI=1S/C19H16N4O2S2/c1-9-13(10(2)24)6-11(7-20)18(21-9)26-8-15-22-17(25)16-12-4-3-5-14(12)27-19(16)23-15/h6H,3-5,8H2,1-2H3,(H,22,23,25). The lowest BCUT2D eigenvalue weighted by Gasteiger charge is -2.07. The molecule has 1 aliphatic rings. The number of nitrogens with one attached hydrogen (secondary N) is 1. The smallest absolute Gasteiger partial charge is 0.259 e. The number of rotatable bonds is 4. The quantitative estimate of drug-likeness (QED) is 0.535. The molecule has 0 aliphatic heterocycles. The summed E-state index contributed by atoms with van der Waals surface area (Å²) in [5, 5.41) is 10.7. The van der Waals surface area contributed by atoms with Crippen molar-refractivity contribution in [3.05, 3.63) is 49.5 Å². The number of aromatic nitrogens is 3. The van der Waals surface area contributed by atoms with E-state index in [1.165, 1.54) is 23.6 Å². The number of aromatic amines is 1. The van der Waals surface area contributed by atoms with Crippen LogP contribution in [0.3, 0.4) is 0 Å². The first-order chi connectivity index (χ1) is 13.0. The van der Waals surface area contributed by atoms with Crippen molar-refractivity contribution in [2.24, 2.45) is 0 Å². The van der Waals surface area contributed by atoms with E-state index in [1.807, 2.05) is 0 Å². The van der Waals surface area contributed by atoms with E-state index in [1.54, 1.807) is 24.3 Å². The minimum absolute atomic E-state index is 0.0911. The molecule has 0 saturated heterocycles.